The average Bonchev–Trinajstić information content (AvgIpc) is 2.31. The Kier molecular flexibility index (Phi) is 11.0. The third-order valence-electron chi connectivity index (χ3n) is 2.50. The number of nitrogens with zero attached hydrogens (tertiary/aromatic N) is 1. The van der Waals surface area contributed by atoms with Gasteiger partial charge in [0.15, 0.2) is 0 Å². The summed E-state index contributed by atoms with van der Waals surface area (Å²) in [5, 5.41) is 0. The van der Waals surface area contributed by atoms with Gasteiger partial charge in [0.25, 0.3) is 0 Å². The van der Waals surface area contributed by atoms with Crippen LogP contribution < -0.4 is 5.73 Å². The third-order valence-corrected chi connectivity index (χ3v) is 2.50. The van der Waals surface area contributed by atoms with Gasteiger partial charge >= 0.3 is 5.97 Å². The summed E-state index contributed by atoms with van der Waals surface area (Å²) in [7, 11) is 3.24. The molecule has 18 heavy (non-hydrogen) atoms. The van der Waals surface area contributed by atoms with Crippen molar-refractivity contribution in [1.82, 2.24) is 4.90 Å². The highest BCUT2D eigenvalue weighted by atomic mass is 35.5. The van der Waals surface area contributed by atoms with Crippen LogP contribution in [-0.2, 0) is 16.1 Å². The smallest absolute Gasteiger partial charge is 0.324 e. The zero-order valence-corrected chi connectivity index (χ0v) is 12.2. The highest BCUT2D eigenvalue weighted by Crippen LogP contribution is 2.06. The molecule has 0 saturated carbocycles. The molecule has 1 aromatic rings. The van der Waals surface area contributed by atoms with Gasteiger partial charge in [-0.15, -0.1) is 24.8 Å². The fraction of sp³-hybridized carbons (Fsp3) is 0.417. The molecule has 0 spiro atoms. The number of ether oxygens (including phenoxy) is 1. The van der Waals surface area contributed by atoms with Gasteiger partial charge in [0.05, 0.1) is 7.11 Å². The predicted octanol–water partition coefficient (Wildman–Crippen LogP) is 1.46. The van der Waals surface area contributed by atoms with E-state index in [1.54, 1.807) is 0 Å². The van der Waals surface area contributed by atoms with Crippen molar-refractivity contribution in [2.24, 2.45) is 5.73 Å². The molecule has 0 aromatic heterocycles. The minimum atomic E-state index is -0.384. The van der Waals surface area contributed by atoms with E-state index in [1.807, 2.05) is 42.3 Å². The van der Waals surface area contributed by atoms with Gasteiger partial charge in [0.2, 0.25) is 0 Å². The molecule has 0 aliphatic heterocycles. The molecular formula is C12H20Cl2N2O2. The third kappa shape index (κ3) is 5.69. The number of hydrogen-bond acceptors (Lipinski definition) is 4. The summed E-state index contributed by atoms with van der Waals surface area (Å²) >= 11 is 0. The first-order chi connectivity index (χ1) is 7.69. The molecule has 1 unspecified atom stereocenters. The molecule has 0 fully saturated rings. The number of hydrogen-bond donors (Lipinski definition) is 1. The van der Waals surface area contributed by atoms with Gasteiger partial charge in [-0.3, -0.25) is 9.69 Å². The maximum Gasteiger partial charge on any atom is 0.324 e. The van der Waals surface area contributed by atoms with E-state index in [9.17, 15) is 4.79 Å². The lowest BCUT2D eigenvalue weighted by atomic mass is 10.2. The zero-order valence-electron chi connectivity index (χ0n) is 10.5. The monoisotopic (exact) mass is 294 g/mol. The normalized spacial score (nSPS) is 11.1. The maximum atomic E-state index is 11.4. The Morgan fingerprint density at radius 2 is 1.89 bits per heavy atom. The van der Waals surface area contributed by atoms with Gasteiger partial charge in [0, 0.05) is 13.1 Å². The molecule has 1 atom stereocenters. The number of rotatable bonds is 5. The largest absolute Gasteiger partial charge is 0.468 e. The minimum Gasteiger partial charge on any atom is -0.468 e. The molecule has 0 radical (unpaired) electrons. The van der Waals surface area contributed by atoms with E-state index >= 15 is 0 Å². The Hall–Kier alpha value is -0.810. The topological polar surface area (TPSA) is 55.6 Å². The molecule has 0 amide bonds. The lowest BCUT2D eigenvalue weighted by molar-refractivity contribution is -0.146. The van der Waals surface area contributed by atoms with Crippen LogP contribution in [0.5, 0.6) is 0 Å². The summed E-state index contributed by atoms with van der Waals surface area (Å²) in [6.07, 6.45) is 0. The summed E-state index contributed by atoms with van der Waals surface area (Å²) in [6, 6.07) is 9.55. The molecule has 0 aliphatic rings. The van der Waals surface area contributed by atoms with Crippen molar-refractivity contribution in [3.63, 3.8) is 0 Å². The average molecular weight is 295 g/mol. The first-order valence-corrected chi connectivity index (χ1v) is 5.21. The maximum absolute atomic E-state index is 11.4. The summed E-state index contributed by atoms with van der Waals surface area (Å²) in [6.45, 7) is 0.938. The number of likely N-dealkylation sites (N-methyl/N-ethyl adjacent to an activating group) is 1. The first-order valence-electron chi connectivity index (χ1n) is 5.21. The lowest BCUT2D eigenvalue weighted by Gasteiger charge is -2.24. The van der Waals surface area contributed by atoms with E-state index in [0.29, 0.717) is 6.54 Å². The summed E-state index contributed by atoms with van der Waals surface area (Å²) in [5.41, 5.74) is 6.71. The van der Waals surface area contributed by atoms with Crippen molar-refractivity contribution < 1.29 is 9.53 Å². The number of nitrogens with two attached hydrogens (primary N) is 1. The Morgan fingerprint density at radius 1 is 1.33 bits per heavy atom. The summed E-state index contributed by atoms with van der Waals surface area (Å²) in [4.78, 5) is 13.3. The zero-order chi connectivity index (χ0) is 12.0. The van der Waals surface area contributed by atoms with Crippen LogP contribution in [0, 0.1) is 0 Å². The van der Waals surface area contributed by atoms with Crippen molar-refractivity contribution >= 4 is 30.8 Å². The molecule has 104 valence electrons. The van der Waals surface area contributed by atoms with Gasteiger partial charge in [-0.1, -0.05) is 30.3 Å². The summed E-state index contributed by atoms with van der Waals surface area (Å²) < 4.78 is 4.70. The van der Waals surface area contributed by atoms with Gasteiger partial charge in [0.1, 0.15) is 6.04 Å². The number of carbonyl (C=O) groups excluding carboxylic acids is 1. The molecule has 6 heteroatoms. The quantitative estimate of drug-likeness (QED) is 0.836. The van der Waals surface area contributed by atoms with Crippen LogP contribution in [0.4, 0.5) is 0 Å². The Bertz CT molecular complexity index is 336. The highest BCUT2D eigenvalue weighted by Gasteiger charge is 2.22. The van der Waals surface area contributed by atoms with Crippen LogP contribution in [-0.4, -0.2) is 37.6 Å². The molecule has 1 rings (SSSR count). The van der Waals surface area contributed by atoms with E-state index in [0.717, 1.165) is 5.56 Å². The predicted molar refractivity (Wildman–Crippen MR) is 77.3 cm³/mol. The van der Waals surface area contributed by atoms with Crippen molar-refractivity contribution in [2.45, 2.75) is 12.6 Å². The second-order valence-electron chi connectivity index (χ2n) is 3.68. The fourth-order valence-corrected chi connectivity index (χ4v) is 1.57. The Labute approximate surface area is 120 Å². The van der Waals surface area contributed by atoms with E-state index in [4.69, 9.17) is 10.5 Å². The molecule has 0 saturated heterocycles. The molecule has 2 N–H and O–H groups in total. The van der Waals surface area contributed by atoms with Gasteiger partial charge in [-0.05, 0) is 12.6 Å². The Balaban J connectivity index is 0. The fourth-order valence-electron chi connectivity index (χ4n) is 1.57. The van der Waals surface area contributed by atoms with Crippen LogP contribution in [0.2, 0.25) is 0 Å². The first kappa shape index (κ1) is 19.5. The van der Waals surface area contributed by atoms with E-state index in [1.165, 1.54) is 7.11 Å². The SMILES string of the molecule is COC(=O)C(CN)N(C)Cc1ccccc1.Cl.Cl. The number of carbonyl (C=O) groups is 1. The number of benzene rings is 1. The van der Waals surface area contributed by atoms with E-state index < -0.39 is 0 Å². The van der Waals surface area contributed by atoms with Crippen LogP contribution in [0.25, 0.3) is 0 Å². The number of methoxy groups -OCH3 is 1. The summed E-state index contributed by atoms with van der Waals surface area (Å²) in [5.74, 6) is -0.291. The van der Waals surface area contributed by atoms with Crippen LogP contribution in [0.1, 0.15) is 5.56 Å². The van der Waals surface area contributed by atoms with Crippen LogP contribution in [0.15, 0.2) is 30.3 Å². The lowest BCUT2D eigenvalue weighted by Crippen LogP contribution is -2.44. The molecule has 4 nitrogen and oxygen atoms in total. The molecule has 1 aromatic carbocycles. The molecule has 0 aliphatic carbocycles. The standard InChI is InChI=1S/C12H18N2O2.2ClH/c1-14(11(8-13)12(15)16-2)9-10-6-4-3-5-7-10;;/h3-7,11H,8-9,13H2,1-2H3;2*1H. The molecule has 0 bridgehead atoms. The van der Waals surface area contributed by atoms with Gasteiger partial charge in [-0.25, -0.2) is 0 Å². The second kappa shape index (κ2) is 10.1. The van der Waals surface area contributed by atoms with Crippen molar-refractivity contribution in [3.8, 4) is 0 Å². The number of esters is 1. The van der Waals surface area contributed by atoms with E-state index in [2.05, 4.69) is 0 Å². The second-order valence-corrected chi connectivity index (χ2v) is 3.68. The number of halogens is 2. The minimum absolute atomic E-state index is 0. The molecular weight excluding hydrogens is 275 g/mol. The van der Waals surface area contributed by atoms with Crippen molar-refractivity contribution in [2.75, 3.05) is 20.7 Å². The van der Waals surface area contributed by atoms with Crippen molar-refractivity contribution in [1.29, 1.82) is 0 Å². The van der Waals surface area contributed by atoms with E-state index in [-0.39, 0.29) is 43.4 Å². The Morgan fingerprint density at radius 3 is 2.33 bits per heavy atom. The highest BCUT2D eigenvalue weighted by molar-refractivity contribution is 5.85. The van der Waals surface area contributed by atoms with Crippen LogP contribution in [0.3, 0.4) is 0 Å². The van der Waals surface area contributed by atoms with Gasteiger partial charge in [-0.2, -0.15) is 0 Å². The van der Waals surface area contributed by atoms with Crippen molar-refractivity contribution in [3.05, 3.63) is 35.9 Å². The van der Waals surface area contributed by atoms with Gasteiger partial charge < -0.3 is 10.5 Å². The molecule has 0 heterocycles. The van der Waals surface area contributed by atoms with Crippen LogP contribution >= 0.6 is 24.8 Å².